The molecule has 1 aromatic carbocycles. The first-order chi connectivity index (χ1) is 14.8. The van der Waals surface area contributed by atoms with Gasteiger partial charge < -0.3 is 19.8 Å². The molecule has 1 aliphatic rings. The molecule has 2 heterocycles. The Labute approximate surface area is 179 Å². The van der Waals surface area contributed by atoms with Gasteiger partial charge in [-0.2, -0.15) is 0 Å². The summed E-state index contributed by atoms with van der Waals surface area (Å²) in [7, 11) is 1.80. The number of ether oxygens (including phenoxy) is 1. The molecule has 10 nitrogen and oxygen atoms in total. The number of urea groups is 1. The van der Waals surface area contributed by atoms with E-state index in [1.54, 1.807) is 38.2 Å². The van der Waals surface area contributed by atoms with Gasteiger partial charge in [-0.3, -0.25) is 15.0 Å². The van der Waals surface area contributed by atoms with E-state index in [4.69, 9.17) is 9.15 Å². The lowest BCUT2D eigenvalue weighted by atomic mass is 9.99. The number of benzene rings is 1. The average molecular weight is 428 g/mol. The first kappa shape index (κ1) is 22.0. The molecule has 3 rings (SSSR count). The molecule has 0 saturated heterocycles. The van der Waals surface area contributed by atoms with Crippen LogP contribution in [0.3, 0.4) is 0 Å². The second-order valence-corrected chi connectivity index (χ2v) is 7.10. The molecule has 0 radical (unpaired) electrons. The quantitative estimate of drug-likeness (QED) is 0.376. The van der Waals surface area contributed by atoms with Crippen molar-refractivity contribution in [2.45, 2.75) is 25.9 Å². The Hall–Kier alpha value is -3.66. The number of amides is 2. The van der Waals surface area contributed by atoms with Crippen molar-refractivity contribution in [3.63, 3.8) is 0 Å². The van der Waals surface area contributed by atoms with Crippen molar-refractivity contribution in [3.8, 4) is 0 Å². The van der Waals surface area contributed by atoms with Crippen LogP contribution in [0.5, 0.6) is 0 Å². The van der Waals surface area contributed by atoms with Crippen LogP contribution in [0, 0.1) is 10.1 Å². The van der Waals surface area contributed by atoms with Gasteiger partial charge in [0.15, 0.2) is 0 Å². The number of carbonyl (C=O) groups is 2. The van der Waals surface area contributed by atoms with Crippen LogP contribution < -0.4 is 10.6 Å². The maximum atomic E-state index is 12.8. The normalized spacial score (nSPS) is 17.2. The Bertz CT molecular complexity index is 1000. The van der Waals surface area contributed by atoms with Gasteiger partial charge in [0.2, 0.25) is 0 Å². The van der Waals surface area contributed by atoms with Crippen molar-refractivity contribution in [2.75, 3.05) is 20.2 Å². The number of furan rings is 1. The smallest absolute Gasteiger partial charge is 0.338 e. The molecule has 0 fully saturated rings. The van der Waals surface area contributed by atoms with Crippen molar-refractivity contribution >= 4 is 17.7 Å². The van der Waals surface area contributed by atoms with E-state index in [-0.39, 0.29) is 30.5 Å². The van der Waals surface area contributed by atoms with Crippen LogP contribution >= 0.6 is 0 Å². The zero-order chi connectivity index (χ0) is 22.5. The monoisotopic (exact) mass is 428 g/mol. The van der Waals surface area contributed by atoms with E-state index in [1.807, 2.05) is 11.8 Å². The number of nitrogens with one attached hydrogen (secondary N) is 2. The molecule has 31 heavy (non-hydrogen) atoms. The fourth-order valence-electron chi connectivity index (χ4n) is 3.40. The third-order valence-electron chi connectivity index (χ3n) is 5.11. The summed E-state index contributed by atoms with van der Waals surface area (Å²) in [6.45, 7) is 3.96. The number of rotatable bonds is 8. The van der Waals surface area contributed by atoms with Gasteiger partial charge in [-0.05, 0) is 38.6 Å². The molecule has 0 spiro atoms. The number of nitrogens with zero attached hydrogens (tertiary/aromatic N) is 2. The fraction of sp³-hybridized carbons (Fsp3) is 0.333. The summed E-state index contributed by atoms with van der Waals surface area (Å²) in [4.78, 5) is 37.6. The highest BCUT2D eigenvalue weighted by molar-refractivity contribution is 5.95. The van der Waals surface area contributed by atoms with Crippen molar-refractivity contribution in [1.29, 1.82) is 0 Å². The van der Waals surface area contributed by atoms with E-state index in [1.165, 1.54) is 18.4 Å². The van der Waals surface area contributed by atoms with Gasteiger partial charge in [-0.1, -0.05) is 12.1 Å². The van der Waals surface area contributed by atoms with Crippen LogP contribution in [0.15, 0.2) is 58.3 Å². The summed E-state index contributed by atoms with van der Waals surface area (Å²) >= 11 is 0. The lowest BCUT2D eigenvalue weighted by Crippen LogP contribution is -2.48. The lowest BCUT2D eigenvalue weighted by Gasteiger charge is -2.32. The molecule has 2 amide bonds. The van der Waals surface area contributed by atoms with Gasteiger partial charge in [0.05, 0.1) is 23.4 Å². The van der Waals surface area contributed by atoms with Crippen molar-refractivity contribution < 1.29 is 23.7 Å². The zero-order valence-electron chi connectivity index (χ0n) is 17.5. The topological polar surface area (TPSA) is 127 Å². The molecule has 0 aliphatic carbocycles. The number of hydrogen-bond donors (Lipinski definition) is 2. The van der Waals surface area contributed by atoms with E-state index in [0.717, 1.165) is 5.56 Å². The highest BCUT2D eigenvalue weighted by Gasteiger charge is 2.36. The van der Waals surface area contributed by atoms with Gasteiger partial charge in [-0.15, -0.1) is 0 Å². The van der Waals surface area contributed by atoms with Crippen molar-refractivity contribution in [2.24, 2.45) is 0 Å². The number of nitro benzene ring substituents is 1. The minimum Gasteiger partial charge on any atom is -0.467 e. The number of non-ortho nitro benzene ring substituents is 1. The van der Waals surface area contributed by atoms with Crippen molar-refractivity contribution in [1.82, 2.24) is 15.5 Å². The summed E-state index contributed by atoms with van der Waals surface area (Å²) in [5.41, 5.74) is 1.35. The Morgan fingerprint density at radius 1 is 1.35 bits per heavy atom. The third kappa shape index (κ3) is 4.92. The average Bonchev–Trinajstić information content (AvgIpc) is 3.27. The van der Waals surface area contributed by atoms with E-state index < -0.39 is 23.0 Å². The Balaban J connectivity index is 1.93. The van der Waals surface area contributed by atoms with E-state index in [9.17, 15) is 19.7 Å². The van der Waals surface area contributed by atoms with Gasteiger partial charge >= 0.3 is 12.0 Å². The van der Waals surface area contributed by atoms with Gasteiger partial charge in [-0.25, -0.2) is 9.59 Å². The molecule has 2 aromatic rings. The highest BCUT2D eigenvalue weighted by atomic mass is 16.6. The molecular formula is C21H24N4O6. The number of esters is 1. The maximum Gasteiger partial charge on any atom is 0.338 e. The van der Waals surface area contributed by atoms with Crippen molar-refractivity contribution in [3.05, 3.63) is 75.4 Å². The highest BCUT2D eigenvalue weighted by Crippen LogP contribution is 2.30. The number of nitro groups is 1. The van der Waals surface area contributed by atoms with E-state index in [2.05, 4.69) is 10.6 Å². The molecule has 0 bridgehead atoms. The molecule has 1 aromatic heterocycles. The molecule has 2 N–H and O–H groups in total. The van der Waals surface area contributed by atoms with Gasteiger partial charge in [0.25, 0.3) is 5.69 Å². The lowest BCUT2D eigenvalue weighted by molar-refractivity contribution is -0.384. The van der Waals surface area contributed by atoms with Crippen LogP contribution in [-0.2, 0) is 9.53 Å². The number of hydrogen-bond acceptors (Lipinski definition) is 7. The van der Waals surface area contributed by atoms with Crippen LogP contribution in [-0.4, -0.2) is 42.0 Å². The third-order valence-corrected chi connectivity index (χ3v) is 5.11. The van der Waals surface area contributed by atoms with Crippen LogP contribution in [0.2, 0.25) is 0 Å². The Kier molecular flexibility index (Phi) is 6.71. The summed E-state index contributed by atoms with van der Waals surface area (Å²) in [5, 5.41) is 16.5. The molecule has 164 valence electrons. The van der Waals surface area contributed by atoms with Gasteiger partial charge in [0.1, 0.15) is 11.8 Å². The van der Waals surface area contributed by atoms with E-state index in [0.29, 0.717) is 11.5 Å². The number of carbonyl (C=O) groups excluding carboxylic acids is 2. The first-order valence-corrected chi connectivity index (χ1v) is 9.77. The summed E-state index contributed by atoms with van der Waals surface area (Å²) in [6, 6.07) is 8.20. The van der Waals surface area contributed by atoms with Crippen LogP contribution in [0.25, 0.3) is 0 Å². The largest absolute Gasteiger partial charge is 0.467 e. The second-order valence-electron chi connectivity index (χ2n) is 7.10. The summed E-state index contributed by atoms with van der Waals surface area (Å²) in [6.07, 6.45) is 1.46. The summed E-state index contributed by atoms with van der Waals surface area (Å²) < 4.78 is 10.6. The second kappa shape index (κ2) is 9.43. The zero-order valence-corrected chi connectivity index (χ0v) is 17.5. The molecule has 0 saturated carbocycles. The standard InChI is InChI=1S/C21H24N4O6/c1-4-30-20(26)18-16(22-21(27)23-19(18)17-9-6-10-31-17)12-24(3)13(2)14-7-5-8-15(11-14)25(28)29/h5-11,13,19H,4,12H2,1-3H3,(H2,22,23,27)/t13-,19-/m1/s1. The SMILES string of the molecule is CCOC(=O)C1=C(CN(C)[C@H](C)c2cccc([N+](=O)[O-])c2)NC(=O)N[C@@H]1c1ccco1. The minimum atomic E-state index is -0.792. The number of likely N-dealkylation sites (N-methyl/N-ethyl adjacent to an activating group) is 1. The van der Waals surface area contributed by atoms with Gasteiger partial charge in [0, 0.05) is 30.4 Å². The predicted octanol–water partition coefficient (Wildman–Crippen LogP) is 3.05. The molecule has 2 atom stereocenters. The predicted molar refractivity (Wildman–Crippen MR) is 111 cm³/mol. The maximum absolute atomic E-state index is 12.8. The van der Waals surface area contributed by atoms with Crippen LogP contribution in [0.1, 0.15) is 37.3 Å². The molecule has 0 unspecified atom stereocenters. The Morgan fingerprint density at radius 3 is 2.77 bits per heavy atom. The first-order valence-electron chi connectivity index (χ1n) is 9.77. The van der Waals surface area contributed by atoms with Crippen LogP contribution in [0.4, 0.5) is 10.5 Å². The molecular weight excluding hydrogens is 404 g/mol. The summed E-state index contributed by atoms with van der Waals surface area (Å²) in [5.74, 6) is -0.160. The molecule has 10 heteroatoms. The molecule has 1 aliphatic heterocycles. The van der Waals surface area contributed by atoms with E-state index >= 15 is 0 Å². The Morgan fingerprint density at radius 2 is 2.13 bits per heavy atom. The minimum absolute atomic E-state index is 0.00256. The fourth-order valence-corrected chi connectivity index (χ4v) is 3.40.